The van der Waals surface area contributed by atoms with E-state index in [4.69, 9.17) is 5.11 Å². The topological polar surface area (TPSA) is 89.5 Å². The number of aliphatic hydroxyl groups excluding tert-OH is 2. The minimum atomic E-state index is -0.660. The van der Waals surface area contributed by atoms with Gasteiger partial charge in [-0.2, -0.15) is 5.10 Å². The number of aryl methyl sites for hydroxylation is 1. The number of likely N-dealkylation sites (tertiary alicyclic amines) is 1. The van der Waals surface area contributed by atoms with Crippen molar-refractivity contribution in [2.45, 2.75) is 32.8 Å². The summed E-state index contributed by atoms with van der Waals surface area (Å²) in [4.78, 5) is 14.0. The van der Waals surface area contributed by atoms with E-state index in [1.807, 2.05) is 13.8 Å². The van der Waals surface area contributed by atoms with E-state index in [1.54, 1.807) is 4.90 Å². The van der Waals surface area contributed by atoms with Crippen molar-refractivity contribution in [3.05, 3.63) is 17.0 Å². The molecule has 2 heterocycles. The van der Waals surface area contributed by atoms with Gasteiger partial charge in [-0.05, 0) is 19.8 Å². The Morgan fingerprint density at radius 2 is 2.32 bits per heavy atom. The highest BCUT2D eigenvalue weighted by Crippen LogP contribution is 2.20. The van der Waals surface area contributed by atoms with E-state index in [9.17, 15) is 9.90 Å². The normalized spacial score (nSPS) is 23.7. The Balaban J connectivity index is 2.10. The van der Waals surface area contributed by atoms with Crippen LogP contribution in [0.5, 0.6) is 0 Å². The third-order valence-electron chi connectivity index (χ3n) is 3.91. The van der Waals surface area contributed by atoms with Crippen molar-refractivity contribution in [2.24, 2.45) is 5.92 Å². The number of carbonyl (C=O) groups is 1. The summed E-state index contributed by atoms with van der Waals surface area (Å²) >= 11 is 0. The molecule has 19 heavy (non-hydrogen) atoms. The van der Waals surface area contributed by atoms with Gasteiger partial charge in [0.2, 0.25) is 0 Å². The van der Waals surface area contributed by atoms with Crippen LogP contribution in [0.1, 0.15) is 35.1 Å². The molecular formula is C13H21N3O3. The van der Waals surface area contributed by atoms with Crippen LogP contribution in [-0.4, -0.2) is 57.0 Å². The van der Waals surface area contributed by atoms with Crippen molar-refractivity contribution < 1.29 is 15.0 Å². The number of aromatic amines is 1. The van der Waals surface area contributed by atoms with E-state index >= 15 is 0 Å². The first-order valence-corrected chi connectivity index (χ1v) is 6.70. The number of aliphatic hydroxyl groups is 2. The summed E-state index contributed by atoms with van der Waals surface area (Å²) in [7, 11) is 0. The lowest BCUT2D eigenvalue weighted by Gasteiger charge is -2.34. The number of H-pyrrole nitrogens is 1. The third kappa shape index (κ3) is 2.64. The fourth-order valence-corrected chi connectivity index (χ4v) is 2.51. The third-order valence-corrected chi connectivity index (χ3v) is 3.91. The number of hydrogen-bond acceptors (Lipinski definition) is 4. The Morgan fingerprint density at radius 1 is 1.58 bits per heavy atom. The highest BCUT2D eigenvalue weighted by molar-refractivity contribution is 5.94. The number of aromatic nitrogens is 2. The van der Waals surface area contributed by atoms with Crippen LogP contribution < -0.4 is 0 Å². The molecule has 1 aliphatic heterocycles. The van der Waals surface area contributed by atoms with Crippen molar-refractivity contribution in [3.63, 3.8) is 0 Å². The number of piperidine rings is 1. The molecule has 0 aliphatic carbocycles. The van der Waals surface area contributed by atoms with Crippen molar-refractivity contribution in [1.82, 2.24) is 15.1 Å². The number of carbonyl (C=O) groups excluding carboxylic acids is 1. The molecule has 106 valence electrons. The SMILES string of the molecule is CCc1[nH]nc(C(=O)N2CC[C@H](CO)[C@@H](O)C2)c1C. The lowest BCUT2D eigenvalue weighted by molar-refractivity contribution is 0.000625. The summed E-state index contributed by atoms with van der Waals surface area (Å²) in [5.74, 6) is -0.278. The minimum absolute atomic E-state index is 0.0371. The van der Waals surface area contributed by atoms with Crippen LogP contribution in [0.2, 0.25) is 0 Å². The van der Waals surface area contributed by atoms with Gasteiger partial charge in [-0.3, -0.25) is 9.89 Å². The van der Waals surface area contributed by atoms with Crippen molar-refractivity contribution in [1.29, 1.82) is 0 Å². The van der Waals surface area contributed by atoms with E-state index < -0.39 is 6.10 Å². The Morgan fingerprint density at radius 3 is 2.84 bits per heavy atom. The Labute approximate surface area is 112 Å². The lowest BCUT2D eigenvalue weighted by Crippen LogP contribution is -2.47. The van der Waals surface area contributed by atoms with E-state index in [0.29, 0.717) is 18.7 Å². The quantitative estimate of drug-likeness (QED) is 0.724. The zero-order valence-corrected chi connectivity index (χ0v) is 11.4. The van der Waals surface area contributed by atoms with Crippen molar-refractivity contribution in [3.8, 4) is 0 Å². The molecular weight excluding hydrogens is 246 g/mol. The molecule has 1 aromatic heterocycles. The van der Waals surface area contributed by atoms with Crippen molar-refractivity contribution >= 4 is 5.91 Å². The Hall–Kier alpha value is -1.40. The van der Waals surface area contributed by atoms with Gasteiger partial charge in [-0.1, -0.05) is 6.92 Å². The molecule has 2 atom stereocenters. The summed E-state index contributed by atoms with van der Waals surface area (Å²) in [5.41, 5.74) is 2.28. The van der Waals surface area contributed by atoms with Crippen LogP contribution in [0.4, 0.5) is 0 Å². The molecule has 1 amide bonds. The van der Waals surface area contributed by atoms with E-state index in [0.717, 1.165) is 17.7 Å². The fraction of sp³-hybridized carbons (Fsp3) is 0.692. The van der Waals surface area contributed by atoms with Gasteiger partial charge in [0.05, 0.1) is 6.10 Å². The van der Waals surface area contributed by atoms with Gasteiger partial charge in [0.25, 0.3) is 5.91 Å². The predicted octanol–water partition coefficient (Wildman–Crippen LogP) is 0.0958. The monoisotopic (exact) mass is 267 g/mol. The van der Waals surface area contributed by atoms with E-state index in [-0.39, 0.29) is 25.0 Å². The Kier molecular flexibility index (Phi) is 4.21. The van der Waals surface area contributed by atoms with Crippen LogP contribution in [0.3, 0.4) is 0 Å². The molecule has 6 nitrogen and oxygen atoms in total. The number of hydrogen-bond donors (Lipinski definition) is 3. The first-order chi connectivity index (χ1) is 9.08. The van der Waals surface area contributed by atoms with Gasteiger partial charge in [-0.25, -0.2) is 0 Å². The average Bonchev–Trinajstić information content (AvgIpc) is 2.78. The molecule has 2 rings (SSSR count). The van der Waals surface area contributed by atoms with E-state index in [1.165, 1.54) is 0 Å². The lowest BCUT2D eigenvalue weighted by atomic mass is 9.94. The van der Waals surface area contributed by atoms with Gasteiger partial charge >= 0.3 is 0 Å². The molecule has 0 unspecified atom stereocenters. The van der Waals surface area contributed by atoms with Crippen LogP contribution in [0, 0.1) is 12.8 Å². The number of nitrogens with zero attached hydrogens (tertiary/aromatic N) is 2. The smallest absolute Gasteiger partial charge is 0.274 e. The average molecular weight is 267 g/mol. The summed E-state index contributed by atoms with van der Waals surface area (Å²) in [5, 5.41) is 25.9. The predicted molar refractivity (Wildman–Crippen MR) is 69.8 cm³/mol. The van der Waals surface area contributed by atoms with Gasteiger partial charge in [-0.15, -0.1) is 0 Å². The van der Waals surface area contributed by atoms with Gasteiger partial charge in [0.15, 0.2) is 5.69 Å². The Bertz CT molecular complexity index is 458. The van der Waals surface area contributed by atoms with Gasteiger partial charge < -0.3 is 15.1 Å². The second kappa shape index (κ2) is 5.71. The maximum atomic E-state index is 12.4. The molecule has 0 bridgehead atoms. The summed E-state index contributed by atoms with van der Waals surface area (Å²) in [6.45, 7) is 4.66. The molecule has 0 radical (unpaired) electrons. The van der Waals surface area contributed by atoms with Crippen molar-refractivity contribution in [2.75, 3.05) is 19.7 Å². The summed E-state index contributed by atoms with van der Waals surface area (Å²) in [6, 6.07) is 0. The zero-order chi connectivity index (χ0) is 14.0. The van der Waals surface area contributed by atoms with Crippen LogP contribution in [0.15, 0.2) is 0 Å². The molecule has 0 spiro atoms. The second-order valence-corrected chi connectivity index (χ2v) is 5.08. The summed E-state index contributed by atoms with van der Waals surface area (Å²) < 4.78 is 0. The summed E-state index contributed by atoms with van der Waals surface area (Å²) in [6.07, 6.45) is 0.766. The standard InChI is InChI=1S/C13H21N3O3/c1-3-10-8(2)12(15-14-10)13(19)16-5-4-9(7-17)11(18)6-16/h9,11,17-18H,3-7H2,1-2H3,(H,14,15)/t9-,11+/m1/s1. The minimum Gasteiger partial charge on any atom is -0.396 e. The maximum absolute atomic E-state index is 12.4. The molecule has 0 saturated carbocycles. The highest BCUT2D eigenvalue weighted by atomic mass is 16.3. The molecule has 0 aromatic carbocycles. The largest absolute Gasteiger partial charge is 0.396 e. The molecule has 6 heteroatoms. The van der Waals surface area contributed by atoms with Crippen LogP contribution in [-0.2, 0) is 6.42 Å². The molecule has 1 saturated heterocycles. The van der Waals surface area contributed by atoms with Gasteiger partial charge in [0.1, 0.15) is 0 Å². The number of β-amino-alcohol motifs (C(OH)–C–C–N with tert-alkyl or cyclic N) is 1. The van der Waals surface area contributed by atoms with Gasteiger partial charge in [0, 0.05) is 36.9 Å². The zero-order valence-electron chi connectivity index (χ0n) is 11.4. The first-order valence-electron chi connectivity index (χ1n) is 6.70. The fourth-order valence-electron chi connectivity index (χ4n) is 2.51. The highest BCUT2D eigenvalue weighted by Gasteiger charge is 2.31. The molecule has 1 fully saturated rings. The van der Waals surface area contributed by atoms with E-state index in [2.05, 4.69) is 10.2 Å². The molecule has 3 N–H and O–H groups in total. The van der Waals surface area contributed by atoms with Crippen LogP contribution in [0.25, 0.3) is 0 Å². The first kappa shape index (κ1) is 14.0. The maximum Gasteiger partial charge on any atom is 0.274 e. The number of rotatable bonds is 3. The number of nitrogens with one attached hydrogen (secondary N) is 1. The number of amides is 1. The second-order valence-electron chi connectivity index (χ2n) is 5.08. The molecule has 1 aliphatic rings. The van der Waals surface area contributed by atoms with Crippen LogP contribution >= 0.6 is 0 Å². The molecule has 1 aromatic rings.